The van der Waals surface area contributed by atoms with Crippen LogP contribution in [0.1, 0.15) is 5.56 Å². The van der Waals surface area contributed by atoms with Crippen LogP contribution in [-0.4, -0.2) is 38.2 Å². The van der Waals surface area contributed by atoms with Crippen molar-refractivity contribution in [2.24, 2.45) is 0 Å². The maximum atomic E-state index is 12.9. The molecule has 0 unspecified atom stereocenters. The van der Waals surface area contributed by atoms with Crippen LogP contribution < -0.4 is 15.6 Å². The van der Waals surface area contributed by atoms with E-state index in [1.54, 1.807) is 30.6 Å². The Hall–Kier alpha value is -5.02. The number of ether oxygens (including phenoxy) is 1. The minimum Gasteiger partial charge on any atom is -0.481 e. The summed E-state index contributed by atoms with van der Waals surface area (Å²) in [5.74, 6) is 0.106. The Labute approximate surface area is 226 Å². The first-order chi connectivity index (χ1) is 19.0. The van der Waals surface area contributed by atoms with E-state index in [4.69, 9.17) is 21.3 Å². The molecule has 9 nitrogen and oxygen atoms in total. The maximum Gasteiger partial charge on any atom is 0.273 e. The summed E-state index contributed by atoms with van der Waals surface area (Å²) in [6, 6.07) is 20.5. The first-order valence-corrected chi connectivity index (χ1v) is 12.4. The molecule has 1 amide bonds. The van der Waals surface area contributed by atoms with E-state index < -0.39 is 5.56 Å². The molecule has 0 saturated carbocycles. The van der Waals surface area contributed by atoms with Crippen molar-refractivity contribution in [3.8, 4) is 28.3 Å². The van der Waals surface area contributed by atoms with Gasteiger partial charge in [0.15, 0.2) is 0 Å². The van der Waals surface area contributed by atoms with Crippen LogP contribution in [0.3, 0.4) is 0 Å². The molecule has 192 valence electrons. The number of hydrogen-bond acceptors (Lipinski definition) is 6. The van der Waals surface area contributed by atoms with E-state index in [0.717, 1.165) is 27.6 Å². The van der Waals surface area contributed by atoms with Gasteiger partial charge in [-0.3, -0.25) is 14.7 Å². The van der Waals surface area contributed by atoms with E-state index in [9.17, 15) is 9.59 Å². The summed E-state index contributed by atoms with van der Waals surface area (Å²) in [4.78, 5) is 37.4. The number of anilines is 1. The Morgan fingerprint density at radius 2 is 1.85 bits per heavy atom. The topological polar surface area (TPSA) is 126 Å². The van der Waals surface area contributed by atoms with Crippen molar-refractivity contribution < 1.29 is 9.53 Å². The molecule has 0 saturated heterocycles. The third-order valence-corrected chi connectivity index (χ3v) is 6.63. The zero-order valence-corrected chi connectivity index (χ0v) is 21.4. The van der Waals surface area contributed by atoms with Gasteiger partial charge in [0.2, 0.25) is 11.8 Å². The van der Waals surface area contributed by atoms with E-state index in [1.165, 1.54) is 7.11 Å². The van der Waals surface area contributed by atoms with Gasteiger partial charge in [0.05, 0.1) is 36.0 Å². The standard InChI is InChI=1S/C29H21ClN6O3/c1-39-25-8-7-16(14-31-25)9-24(37)33-23-13-19-11-21(18-10-20-15-32-36-27(20)22(30)12-18)26(17-5-3-2-4-6-17)34-28(19)35-29(23)38/h2-8,10-15H,9H2,1H3,(H,32,36)(H,33,37)(H,34,35,38). The quantitative estimate of drug-likeness (QED) is 0.263. The zero-order valence-electron chi connectivity index (χ0n) is 20.7. The summed E-state index contributed by atoms with van der Waals surface area (Å²) >= 11 is 6.56. The summed E-state index contributed by atoms with van der Waals surface area (Å²) in [5.41, 5.74) is 4.72. The number of halogens is 1. The van der Waals surface area contributed by atoms with Gasteiger partial charge in [-0.05, 0) is 35.4 Å². The van der Waals surface area contributed by atoms with Crippen LogP contribution in [0.2, 0.25) is 5.02 Å². The summed E-state index contributed by atoms with van der Waals surface area (Å²) in [5, 5.41) is 11.8. The number of aromatic amines is 2. The summed E-state index contributed by atoms with van der Waals surface area (Å²) in [6.07, 6.45) is 3.32. The number of fused-ring (bicyclic) bond motifs is 2. The lowest BCUT2D eigenvalue weighted by Crippen LogP contribution is -2.21. The molecule has 6 aromatic rings. The molecule has 0 bridgehead atoms. The molecule has 3 N–H and O–H groups in total. The molecule has 0 aliphatic carbocycles. The van der Waals surface area contributed by atoms with Gasteiger partial charge in [-0.15, -0.1) is 0 Å². The molecule has 0 atom stereocenters. The molecule has 0 radical (unpaired) electrons. The van der Waals surface area contributed by atoms with Gasteiger partial charge < -0.3 is 15.0 Å². The molecule has 39 heavy (non-hydrogen) atoms. The summed E-state index contributed by atoms with van der Waals surface area (Å²) < 4.78 is 5.05. The number of rotatable bonds is 6. The third kappa shape index (κ3) is 4.83. The molecule has 2 aromatic carbocycles. The number of hydrogen-bond donors (Lipinski definition) is 3. The highest BCUT2D eigenvalue weighted by molar-refractivity contribution is 6.35. The van der Waals surface area contributed by atoms with E-state index >= 15 is 0 Å². The number of benzene rings is 2. The number of carbonyl (C=O) groups excluding carboxylic acids is 1. The second-order valence-electron chi connectivity index (χ2n) is 8.93. The minimum atomic E-state index is -0.453. The smallest absolute Gasteiger partial charge is 0.273 e. The second kappa shape index (κ2) is 10.0. The Kier molecular flexibility index (Phi) is 6.26. The molecular weight excluding hydrogens is 516 g/mol. The van der Waals surface area contributed by atoms with Crippen molar-refractivity contribution in [1.82, 2.24) is 25.1 Å². The number of amides is 1. The second-order valence-corrected chi connectivity index (χ2v) is 9.33. The molecule has 0 aliphatic rings. The van der Waals surface area contributed by atoms with Crippen LogP contribution in [0, 0.1) is 0 Å². The van der Waals surface area contributed by atoms with Crippen LogP contribution in [-0.2, 0) is 11.2 Å². The normalized spacial score (nSPS) is 11.1. The minimum absolute atomic E-state index is 0.0497. The van der Waals surface area contributed by atoms with Crippen molar-refractivity contribution in [3.05, 3.63) is 100 Å². The fourth-order valence-electron chi connectivity index (χ4n) is 4.45. The number of aromatic nitrogens is 5. The Morgan fingerprint density at radius 3 is 2.62 bits per heavy atom. The largest absolute Gasteiger partial charge is 0.481 e. The molecule has 6 rings (SSSR count). The van der Waals surface area contributed by atoms with Gasteiger partial charge in [0, 0.05) is 34.2 Å². The SMILES string of the molecule is COc1ccc(CC(=O)Nc2cc3cc(-c4cc(Cl)c5[nH]ncc5c4)c(-c4ccccc4)nc3[nH]c2=O)cn1. The van der Waals surface area contributed by atoms with Gasteiger partial charge in [-0.1, -0.05) is 48.0 Å². The Bertz CT molecular complexity index is 1900. The fraction of sp³-hybridized carbons (Fsp3) is 0.0690. The third-order valence-electron chi connectivity index (χ3n) is 6.33. The van der Waals surface area contributed by atoms with Crippen LogP contribution in [0.5, 0.6) is 5.88 Å². The highest BCUT2D eigenvalue weighted by atomic mass is 35.5. The molecule has 10 heteroatoms. The van der Waals surface area contributed by atoms with Crippen LogP contribution >= 0.6 is 11.6 Å². The lowest BCUT2D eigenvalue weighted by molar-refractivity contribution is -0.115. The number of carbonyl (C=O) groups is 1. The molecular formula is C29H21ClN6O3. The fourth-order valence-corrected chi connectivity index (χ4v) is 4.72. The summed E-state index contributed by atoms with van der Waals surface area (Å²) in [7, 11) is 1.52. The number of nitrogens with one attached hydrogen (secondary N) is 3. The lowest BCUT2D eigenvalue weighted by atomic mass is 9.97. The van der Waals surface area contributed by atoms with Crippen molar-refractivity contribution in [3.63, 3.8) is 0 Å². The van der Waals surface area contributed by atoms with Gasteiger partial charge in [-0.25, -0.2) is 9.97 Å². The van der Waals surface area contributed by atoms with E-state index in [-0.39, 0.29) is 18.0 Å². The van der Waals surface area contributed by atoms with E-state index in [1.807, 2.05) is 48.5 Å². The average Bonchev–Trinajstić information content (AvgIpc) is 3.43. The van der Waals surface area contributed by atoms with Gasteiger partial charge in [-0.2, -0.15) is 5.10 Å². The van der Waals surface area contributed by atoms with Gasteiger partial charge in [0.1, 0.15) is 11.3 Å². The van der Waals surface area contributed by atoms with Crippen molar-refractivity contribution in [2.75, 3.05) is 12.4 Å². The zero-order chi connectivity index (χ0) is 26.9. The molecule has 4 heterocycles. The van der Waals surface area contributed by atoms with E-state index in [2.05, 4.69) is 25.5 Å². The van der Waals surface area contributed by atoms with Crippen molar-refractivity contribution in [2.45, 2.75) is 6.42 Å². The number of nitrogens with zero attached hydrogens (tertiary/aromatic N) is 3. The first kappa shape index (κ1) is 24.3. The van der Waals surface area contributed by atoms with Crippen LogP contribution in [0.15, 0.2) is 83.9 Å². The maximum absolute atomic E-state index is 12.9. The van der Waals surface area contributed by atoms with Crippen molar-refractivity contribution >= 4 is 45.1 Å². The molecule has 0 aliphatic heterocycles. The van der Waals surface area contributed by atoms with Crippen molar-refractivity contribution in [1.29, 1.82) is 0 Å². The number of pyridine rings is 3. The Balaban J connectivity index is 1.42. The molecule has 0 spiro atoms. The molecule has 4 aromatic heterocycles. The lowest BCUT2D eigenvalue weighted by Gasteiger charge is -2.13. The van der Waals surface area contributed by atoms with Crippen LogP contribution in [0.25, 0.3) is 44.3 Å². The van der Waals surface area contributed by atoms with E-state index in [0.29, 0.717) is 33.2 Å². The highest BCUT2D eigenvalue weighted by Crippen LogP contribution is 2.36. The van der Waals surface area contributed by atoms with Gasteiger partial charge in [0.25, 0.3) is 5.56 Å². The van der Waals surface area contributed by atoms with Gasteiger partial charge >= 0.3 is 0 Å². The number of H-pyrrole nitrogens is 2. The predicted octanol–water partition coefficient (Wildman–Crippen LogP) is 5.37. The molecule has 0 fully saturated rings. The highest BCUT2D eigenvalue weighted by Gasteiger charge is 2.16. The first-order valence-electron chi connectivity index (χ1n) is 12.0. The predicted molar refractivity (Wildman–Crippen MR) is 151 cm³/mol. The number of methoxy groups -OCH3 is 1. The Morgan fingerprint density at radius 1 is 1.00 bits per heavy atom. The average molecular weight is 537 g/mol. The van der Waals surface area contributed by atoms with Crippen LogP contribution in [0.4, 0.5) is 5.69 Å². The monoisotopic (exact) mass is 536 g/mol. The summed E-state index contributed by atoms with van der Waals surface area (Å²) in [6.45, 7) is 0.